The molecule has 0 unspecified atom stereocenters. The first kappa shape index (κ1) is 26.6. The largest absolute Gasteiger partial charge is 0.474 e. The van der Waals surface area contributed by atoms with E-state index < -0.39 is 10.0 Å². The van der Waals surface area contributed by atoms with Gasteiger partial charge in [0.25, 0.3) is 0 Å². The van der Waals surface area contributed by atoms with E-state index in [0.717, 1.165) is 44.6 Å². The van der Waals surface area contributed by atoms with Crippen molar-refractivity contribution in [2.75, 3.05) is 52.9 Å². The molecule has 2 fully saturated rings. The van der Waals surface area contributed by atoms with Gasteiger partial charge in [0.15, 0.2) is 0 Å². The van der Waals surface area contributed by atoms with Crippen LogP contribution in [-0.4, -0.2) is 78.4 Å². The molecule has 3 aromatic rings. The number of sulfonamides is 1. The summed E-state index contributed by atoms with van der Waals surface area (Å²) in [5.74, 6) is 2.09. The van der Waals surface area contributed by atoms with Gasteiger partial charge in [-0.25, -0.2) is 18.4 Å². The zero-order valence-corrected chi connectivity index (χ0v) is 22.6. The molecule has 38 heavy (non-hydrogen) atoms. The third-order valence-electron chi connectivity index (χ3n) is 6.64. The molecule has 0 amide bonds. The predicted octanol–water partition coefficient (Wildman–Crippen LogP) is 3.43. The van der Waals surface area contributed by atoms with Crippen molar-refractivity contribution >= 4 is 50.0 Å². The van der Waals surface area contributed by atoms with E-state index in [2.05, 4.69) is 29.9 Å². The quantitative estimate of drug-likeness (QED) is 0.355. The summed E-state index contributed by atoms with van der Waals surface area (Å²) in [6, 6.07) is 5.73. The molecule has 3 aromatic heterocycles. The lowest BCUT2D eigenvalue weighted by Gasteiger charge is -2.31. The maximum Gasteiger partial charge on any atom is 0.232 e. The number of nitrogens with zero attached hydrogens (tertiary/aromatic N) is 5. The minimum Gasteiger partial charge on any atom is -0.474 e. The number of nitrogens with one attached hydrogen (secondary N) is 2. The molecule has 0 atom stereocenters. The molecule has 0 aromatic carbocycles. The fourth-order valence-electron chi connectivity index (χ4n) is 4.69. The van der Waals surface area contributed by atoms with Gasteiger partial charge in [0.2, 0.25) is 21.9 Å². The second-order valence-corrected chi connectivity index (χ2v) is 11.7. The smallest absolute Gasteiger partial charge is 0.232 e. The van der Waals surface area contributed by atoms with Crippen molar-refractivity contribution in [1.82, 2.24) is 19.9 Å². The van der Waals surface area contributed by atoms with E-state index in [1.807, 2.05) is 6.07 Å². The molecule has 1 aliphatic carbocycles. The number of ether oxygens (including phenoxy) is 2. The van der Waals surface area contributed by atoms with Gasteiger partial charge in [-0.2, -0.15) is 4.98 Å². The molecule has 1 saturated heterocycles. The van der Waals surface area contributed by atoms with Gasteiger partial charge >= 0.3 is 0 Å². The number of alkyl halides is 1. The summed E-state index contributed by atoms with van der Waals surface area (Å²) in [6.07, 6.45) is 8.82. The highest BCUT2D eigenvalue weighted by atomic mass is 35.5. The Hall–Kier alpha value is -2.96. The number of pyridine rings is 2. The van der Waals surface area contributed by atoms with Crippen LogP contribution in [0.25, 0.3) is 10.9 Å². The Bertz CT molecular complexity index is 1320. The van der Waals surface area contributed by atoms with E-state index in [0.29, 0.717) is 48.1 Å². The first-order chi connectivity index (χ1) is 18.5. The van der Waals surface area contributed by atoms with Crippen molar-refractivity contribution in [2.45, 2.75) is 44.2 Å². The SMILES string of the molecule is O=S(=O)(CCCCl)Nc1cnc2cc(N3CCOCC3)nc(OC3CCC(Nc4ncccn4)CC3)c2c1. The number of hydrogen-bond acceptors (Lipinski definition) is 10. The van der Waals surface area contributed by atoms with E-state index in [9.17, 15) is 8.42 Å². The zero-order chi connectivity index (χ0) is 26.4. The number of rotatable bonds is 10. The number of hydrogen-bond donors (Lipinski definition) is 2. The second kappa shape index (κ2) is 12.3. The van der Waals surface area contributed by atoms with Crippen LogP contribution in [0, 0.1) is 0 Å². The van der Waals surface area contributed by atoms with Crippen LogP contribution in [0.15, 0.2) is 36.8 Å². The Morgan fingerprint density at radius 1 is 1.08 bits per heavy atom. The van der Waals surface area contributed by atoms with Crippen molar-refractivity contribution < 1.29 is 17.9 Å². The summed E-state index contributed by atoms with van der Waals surface area (Å²) < 4.78 is 39.5. The number of morpholine rings is 1. The molecule has 0 bridgehead atoms. The average molecular weight is 562 g/mol. The molecular formula is C25H32ClN7O4S. The Labute approximate surface area is 227 Å². The van der Waals surface area contributed by atoms with Crippen molar-refractivity contribution in [3.8, 4) is 5.88 Å². The predicted molar refractivity (Wildman–Crippen MR) is 148 cm³/mol. The Morgan fingerprint density at radius 3 is 2.58 bits per heavy atom. The molecule has 1 saturated carbocycles. The normalized spacial score (nSPS) is 20.3. The monoisotopic (exact) mass is 561 g/mol. The van der Waals surface area contributed by atoms with Crippen molar-refractivity contribution in [2.24, 2.45) is 0 Å². The van der Waals surface area contributed by atoms with Gasteiger partial charge in [-0.15, -0.1) is 11.6 Å². The van der Waals surface area contributed by atoms with Crippen LogP contribution in [0.5, 0.6) is 5.88 Å². The van der Waals surface area contributed by atoms with Gasteiger partial charge in [-0.3, -0.25) is 9.71 Å². The van der Waals surface area contributed by atoms with E-state index >= 15 is 0 Å². The molecule has 5 rings (SSSR count). The topological polar surface area (TPSA) is 131 Å². The molecule has 13 heteroatoms. The van der Waals surface area contributed by atoms with E-state index in [1.165, 1.54) is 6.20 Å². The molecule has 1 aliphatic heterocycles. The number of halogens is 1. The summed E-state index contributed by atoms with van der Waals surface area (Å²) in [5.41, 5.74) is 1.06. The molecule has 4 heterocycles. The van der Waals surface area contributed by atoms with Crippen LogP contribution in [0.4, 0.5) is 17.5 Å². The van der Waals surface area contributed by atoms with Gasteiger partial charge in [0.1, 0.15) is 11.9 Å². The zero-order valence-electron chi connectivity index (χ0n) is 21.1. The highest BCUT2D eigenvalue weighted by molar-refractivity contribution is 7.92. The molecular weight excluding hydrogens is 530 g/mol. The lowest BCUT2D eigenvalue weighted by Crippen LogP contribution is -2.37. The summed E-state index contributed by atoms with van der Waals surface area (Å²) >= 11 is 5.68. The summed E-state index contributed by atoms with van der Waals surface area (Å²) in [6.45, 7) is 2.73. The molecule has 204 valence electrons. The maximum atomic E-state index is 12.4. The fourth-order valence-corrected chi connectivity index (χ4v) is 6.08. The molecule has 0 spiro atoms. The maximum absolute atomic E-state index is 12.4. The van der Waals surface area contributed by atoms with Crippen LogP contribution in [0.1, 0.15) is 32.1 Å². The lowest BCUT2D eigenvalue weighted by molar-refractivity contribution is 0.122. The molecule has 2 aliphatic rings. The van der Waals surface area contributed by atoms with Gasteiger partial charge < -0.3 is 19.7 Å². The van der Waals surface area contributed by atoms with Crippen LogP contribution >= 0.6 is 11.6 Å². The van der Waals surface area contributed by atoms with Gasteiger partial charge in [-0.1, -0.05) is 0 Å². The molecule has 2 N–H and O–H groups in total. The van der Waals surface area contributed by atoms with E-state index in [1.54, 1.807) is 24.5 Å². The average Bonchev–Trinajstić information content (AvgIpc) is 2.94. The van der Waals surface area contributed by atoms with Gasteiger partial charge in [0.05, 0.1) is 41.8 Å². The van der Waals surface area contributed by atoms with Crippen molar-refractivity contribution in [3.05, 3.63) is 36.8 Å². The Balaban J connectivity index is 1.36. The number of aromatic nitrogens is 4. The van der Waals surface area contributed by atoms with Gasteiger partial charge in [0, 0.05) is 43.5 Å². The third kappa shape index (κ3) is 6.91. The van der Waals surface area contributed by atoms with Crippen molar-refractivity contribution in [3.63, 3.8) is 0 Å². The first-order valence-electron chi connectivity index (χ1n) is 12.9. The highest BCUT2D eigenvalue weighted by Crippen LogP contribution is 2.33. The summed E-state index contributed by atoms with van der Waals surface area (Å²) in [5, 5.41) is 4.06. The fraction of sp³-hybridized carbons (Fsp3) is 0.520. The van der Waals surface area contributed by atoms with Crippen LogP contribution < -0.4 is 19.7 Å². The Kier molecular flexibility index (Phi) is 8.60. The van der Waals surface area contributed by atoms with Gasteiger partial charge in [-0.05, 0) is 44.2 Å². The molecule has 11 nitrogen and oxygen atoms in total. The minimum atomic E-state index is -3.54. The van der Waals surface area contributed by atoms with Crippen LogP contribution in [-0.2, 0) is 14.8 Å². The summed E-state index contributed by atoms with van der Waals surface area (Å²) in [7, 11) is -3.54. The van der Waals surface area contributed by atoms with Crippen LogP contribution in [0.2, 0.25) is 0 Å². The Morgan fingerprint density at radius 2 is 1.84 bits per heavy atom. The molecule has 0 radical (unpaired) electrons. The number of fused-ring (bicyclic) bond motifs is 1. The van der Waals surface area contributed by atoms with E-state index in [-0.39, 0.29) is 23.8 Å². The van der Waals surface area contributed by atoms with Crippen LogP contribution in [0.3, 0.4) is 0 Å². The number of anilines is 3. The first-order valence-corrected chi connectivity index (χ1v) is 15.1. The minimum absolute atomic E-state index is 0.0237. The lowest BCUT2D eigenvalue weighted by atomic mass is 9.93. The van der Waals surface area contributed by atoms with E-state index in [4.69, 9.17) is 26.1 Å². The standard InChI is InChI=1S/C25H32ClN7O4S/c26-7-1-14-38(34,35)32-19-15-21-22(29-17-19)16-23(33-10-12-36-13-11-33)31-24(21)37-20-5-3-18(4-6-20)30-25-27-8-2-9-28-25/h2,8-9,15-18,20,32H,1,3-7,10-14H2,(H,27,28,30). The second-order valence-electron chi connectivity index (χ2n) is 9.45. The highest BCUT2D eigenvalue weighted by Gasteiger charge is 2.25. The summed E-state index contributed by atoms with van der Waals surface area (Å²) in [4.78, 5) is 20.1. The third-order valence-corrected chi connectivity index (χ3v) is 8.28. The van der Waals surface area contributed by atoms with Crippen molar-refractivity contribution in [1.29, 1.82) is 0 Å².